The van der Waals surface area contributed by atoms with E-state index in [9.17, 15) is 18.0 Å². The molecule has 0 aliphatic carbocycles. The summed E-state index contributed by atoms with van der Waals surface area (Å²) < 4.78 is 41.5. The number of hydrogen-bond acceptors (Lipinski definition) is 6. The molecular formula is C15H12F3N5O2S. The molecule has 0 saturated carbocycles. The van der Waals surface area contributed by atoms with Gasteiger partial charge in [-0.3, -0.25) is 4.79 Å². The number of amides is 1. The predicted molar refractivity (Wildman–Crippen MR) is 87.9 cm³/mol. The van der Waals surface area contributed by atoms with Crippen molar-refractivity contribution < 1.29 is 22.7 Å². The van der Waals surface area contributed by atoms with Crippen LogP contribution < -0.4 is 15.8 Å². The summed E-state index contributed by atoms with van der Waals surface area (Å²) in [6, 6.07) is 8.60. The van der Waals surface area contributed by atoms with Gasteiger partial charge in [0.05, 0.1) is 12.2 Å². The van der Waals surface area contributed by atoms with Gasteiger partial charge in [-0.05, 0) is 35.7 Å². The van der Waals surface area contributed by atoms with E-state index in [4.69, 9.17) is 5.73 Å². The van der Waals surface area contributed by atoms with Crippen LogP contribution in [0.25, 0.3) is 5.69 Å². The lowest BCUT2D eigenvalue weighted by Crippen LogP contribution is -2.23. The first-order valence-electron chi connectivity index (χ1n) is 7.21. The molecule has 7 nitrogen and oxygen atoms in total. The van der Waals surface area contributed by atoms with E-state index in [1.165, 1.54) is 23.5 Å². The van der Waals surface area contributed by atoms with E-state index < -0.39 is 12.3 Å². The first-order valence-corrected chi connectivity index (χ1v) is 8.09. The monoisotopic (exact) mass is 383 g/mol. The Kier molecular flexibility index (Phi) is 4.80. The number of carbonyl (C=O) groups is 1. The lowest BCUT2D eigenvalue weighted by atomic mass is 10.3. The molecular weight excluding hydrogens is 371 g/mol. The molecule has 26 heavy (non-hydrogen) atoms. The first kappa shape index (κ1) is 17.7. The Hall–Kier alpha value is -3.08. The standard InChI is InChI=1S/C15H12F3N5O2S/c16-15(17,18)25-10-5-3-9(4-6-10)23-13(19)12(21-22-23)14(24)20-8-11-2-1-7-26-11/h1-7H,8,19H2,(H,20,24). The van der Waals surface area contributed by atoms with Gasteiger partial charge < -0.3 is 15.8 Å². The molecule has 0 atom stereocenters. The summed E-state index contributed by atoms with van der Waals surface area (Å²) in [6.45, 7) is 0.326. The lowest BCUT2D eigenvalue weighted by molar-refractivity contribution is -0.274. The quantitative estimate of drug-likeness (QED) is 0.706. The molecule has 0 fully saturated rings. The smallest absolute Gasteiger partial charge is 0.406 e. The summed E-state index contributed by atoms with van der Waals surface area (Å²) in [5.41, 5.74) is 6.16. The van der Waals surface area contributed by atoms with Crippen molar-refractivity contribution in [3.63, 3.8) is 0 Å². The van der Waals surface area contributed by atoms with Crippen LogP contribution in [-0.4, -0.2) is 27.3 Å². The van der Waals surface area contributed by atoms with Crippen LogP contribution in [0.3, 0.4) is 0 Å². The molecule has 11 heteroatoms. The van der Waals surface area contributed by atoms with Crippen LogP contribution >= 0.6 is 11.3 Å². The van der Waals surface area contributed by atoms with Crippen LogP contribution in [0.4, 0.5) is 19.0 Å². The van der Waals surface area contributed by atoms with Gasteiger partial charge in [-0.25, -0.2) is 0 Å². The molecule has 2 heterocycles. The maximum absolute atomic E-state index is 12.2. The predicted octanol–water partition coefficient (Wildman–Crippen LogP) is 2.74. The molecule has 136 valence electrons. The third-order valence-corrected chi connectivity index (χ3v) is 4.11. The third kappa shape index (κ3) is 4.11. The second-order valence-corrected chi connectivity index (χ2v) is 6.07. The van der Waals surface area contributed by atoms with Crippen LogP contribution in [0.5, 0.6) is 5.75 Å². The van der Waals surface area contributed by atoms with Crippen molar-refractivity contribution in [2.45, 2.75) is 12.9 Å². The van der Waals surface area contributed by atoms with Crippen molar-refractivity contribution in [2.24, 2.45) is 0 Å². The van der Waals surface area contributed by atoms with Crippen LogP contribution in [0.2, 0.25) is 0 Å². The fraction of sp³-hybridized carbons (Fsp3) is 0.133. The van der Waals surface area contributed by atoms with Crippen molar-refractivity contribution in [1.29, 1.82) is 0 Å². The molecule has 1 aromatic carbocycles. The minimum absolute atomic E-state index is 0.0295. The molecule has 0 unspecified atom stereocenters. The maximum Gasteiger partial charge on any atom is 0.573 e. The summed E-state index contributed by atoms with van der Waals surface area (Å²) in [4.78, 5) is 13.1. The molecule has 0 radical (unpaired) electrons. The SMILES string of the molecule is Nc1c(C(=O)NCc2cccs2)nnn1-c1ccc(OC(F)(F)F)cc1. The third-order valence-electron chi connectivity index (χ3n) is 3.24. The Labute approximate surface area is 149 Å². The van der Waals surface area contributed by atoms with Crippen molar-refractivity contribution in [2.75, 3.05) is 5.73 Å². The van der Waals surface area contributed by atoms with E-state index in [-0.39, 0.29) is 17.3 Å². The Morgan fingerprint density at radius 1 is 1.27 bits per heavy atom. The number of nitrogens with one attached hydrogen (secondary N) is 1. The van der Waals surface area contributed by atoms with E-state index in [1.54, 1.807) is 0 Å². The van der Waals surface area contributed by atoms with Crippen molar-refractivity contribution in [1.82, 2.24) is 20.3 Å². The molecule has 3 rings (SSSR count). The number of nitrogens with two attached hydrogens (primary N) is 1. The Morgan fingerprint density at radius 3 is 2.62 bits per heavy atom. The van der Waals surface area contributed by atoms with Crippen molar-refractivity contribution in [3.8, 4) is 11.4 Å². The highest BCUT2D eigenvalue weighted by Crippen LogP contribution is 2.24. The van der Waals surface area contributed by atoms with Crippen LogP contribution in [-0.2, 0) is 6.54 Å². The molecule has 3 aromatic rings. The fourth-order valence-corrected chi connectivity index (χ4v) is 2.74. The van der Waals surface area contributed by atoms with Gasteiger partial charge in [-0.15, -0.1) is 29.6 Å². The van der Waals surface area contributed by atoms with Gasteiger partial charge >= 0.3 is 6.36 Å². The topological polar surface area (TPSA) is 95.1 Å². The summed E-state index contributed by atoms with van der Waals surface area (Å²) in [5, 5.41) is 12.1. The normalized spacial score (nSPS) is 11.3. The molecule has 0 spiro atoms. The second kappa shape index (κ2) is 7.04. The second-order valence-electron chi connectivity index (χ2n) is 5.04. The number of halogens is 3. The number of benzene rings is 1. The largest absolute Gasteiger partial charge is 0.573 e. The molecule has 2 aromatic heterocycles. The lowest BCUT2D eigenvalue weighted by Gasteiger charge is -2.09. The van der Waals surface area contributed by atoms with Gasteiger partial charge in [-0.2, -0.15) is 4.68 Å². The number of thiophene rings is 1. The van der Waals surface area contributed by atoms with Crippen LogP contribution in [0, 0.1) is 0 Å². The van der Waals surface area contributed by atoms with Gasteiger partial charge in [-0.1, -0.05) is 11.3 Å². The molecule has 0 saturated heterocycles. The highest BCUT2D eigenvalue weighted by Gasteiger charge is 2.31. The summed E-state index contributed by atoms with van der Waals surface area (Å²) >= 11 is 1.49. The summed E-state index contributed by atoms with van der Waals surface area (Å²) in [6.07, 6.45) is -4.78. The number of anilines is 1. The molecule has 3 N–H and O–H groups in total. The zero-order valence-electron chi connectivity index (χ0n) is 13.0. The van der Waals surface area contributed by atoms with Crippen LogP contribution in [0.1, 0.15) is 15.4 Å². The average molecular weight is 383 g/mol. The minimum Gasteiger partial charge on any atom is -0.406 e. The molecule has 0 bridgehead atoms. The average Bonchev–Trinajstić information content (AvgIpc) is 3.22. The minimum atomic E-state index is -4.78. The van der Waals surface area contributed by atoms with Crippen molar-refractivity contribution >= 4 is 23.1 Å². The Balaban J connectivity index is 1.73. The number of nitrogens with zero attached hydrogens (tertiary/aromatic N) is 3. The van der Waals surface area contributed by atoms with Gasteiger partial charge in [0.25, 0.3) is 5.91 Å². The van der Waals surface area contributed by atoms with E-state index in [1.807, 2.05) is 17.5 Å². The zero-order chi connectivity index (χ0) is 18.7. The first-order chi connectivity index (χ1) is 12.3. The summed E-state index contributed by atoms with van der Waals surface area (Å²) in [7, 11) is 0. The Bertz CT molecular complexity index is 891. The molecule has 0 aliphatic rings. The van der Waals surface area contributed by atoms with E-state index in [2.05, 4.69) is 20.4 Å². The van der Waals surface area contributed by atoms with E-state index in [0.29, 0.717) is 12.2 Å². The number of aromatic nitrogens is 3. The summed E-state index contributed by atoms with van der Waals surface area (Å²) in [5.74, 6) is -0.911. The van der Waals surface area contributed by atoms with E-state index in [0.717, 1.165) is 21.7 Å². The number of ether oxygens (including phenoxy) is 1. The number of alkyl halides is 3. The highest BCUT2D eigenvalue weighted by molar-refractivity contribution is 7.09. The fourth-order valence-electron chi connectivity index (χ4n) is 2.09. The maximum atomic E-state index is 12.2. The number of hydrogen-bond donors (Lipinski definition) is 2. The number of nitrogen functional groups attached to an aromatic ring is 1. The van der Waals surface area contributed by atoms with Crippen LogP contribution in [0.15, 0.2) is 41.8 Å². The molecule has 0 aliphatic heterocycles. The van der Waals surface area contributed by atoms with Gasteiger partial charge in [0, 0.05) is 4.88 Å². The van der Waals surface area contributed by atoms with Gasteiger partial charge in [0.15, 0.2) is 11.5 Å². The Morgan fingerprint density at radius 2 is 2.00 bits per heavy atom. The highest BCUT2D eigenvalue weighted by atomic mass is 32.1. The zero-order valence-corrected chi connectivity index (χ0v) is 13.8. The van der Waals surface area contributed by atoms with Crippen molar-refractivity contribution in [3.05, 3.63) is 52.3 Å². The van der Waals surface area contributed by atoms with Gasteiger partial charge in [0.2, 0.25) is 0 Å². The number of carbonyl (C=O) groups excluding carboxylic acids is 1. The number of rotatable bonds is 5. The van der Waals surface area contributed by atoms with E-state index >= 15 is 0 Å². The van der Waals surface area contributed by atoms with Gasteiger partial charge in [0.1, 0.15) is 5.75 Å². The molecule has 1 amide bonds.